The molecule has 0 radical (unpaired) electrons. The van der Waals surface area contributed by atoms with Gasteiger partial charge in [-0.25, -0.2) is 4.39 Å². The summed E-state index contributed by atoms with van der Waals surface area (Å²) in [4.78, 5) is 18.8. The molecule has 1 amide bonds. The molecule has 25 heavy (non-hydrogen) atoms. The topological polar surface area (TPSA) is 59.2 Å². The quantitative estimate of drug-likeness (QED) is 0.848. The van der Waals surface area contributed by atoms with Gasteiger partial charge in [0, 0.05) is 25.1 Å². The Balaban J connectivity index is 1.43. The van der Waals surface area contributed by atoms with Crippen molar-refractivity contribution >= 4 is 5.91 Å². The summed E-state index contributed by atoms with van der Waals surface area (Å²) in [6, 6.07) is 6.16. The molecule has 1 aliphatic heterocycles. The van der Waals surface area contributed by atoms with Crippen LogP contribution in [0.15, 0.2) is 28.8 Å². The Morgan fingerprint density at radius 2 is 2.16 bits per heavy atom. The van der Waals surface area contributed by atoms with Crippen LogP contribution in [0, 0.1) is 11.7 Å². The number of aromatic nitrogens is 2. The van der Waals surface area contributed by atoms with Gasteiger partial charge >= 0.3 is 0 Å². The number of carbonyl (C=O) groups excluding carboxylic acids is 1. The summed E-state index contributed by atoms with van der Waals surface area (Å²) < 4.78 is 18.8. The van der Waals surface area contributed by atoms with Crippen molar-refractivity contribution in [3.8, 4) is 11.4 Å². The predicted molar refractivity (Wildman–Crippen MR) is 90.2 cm³/mol. The highest BCUT2D eigenvalue weighted by atomic mass is 19.1. The van der Waals surface area contributed by atoms with Crippen LogP contribution in [0.5, 0.6) is 0 Å². The molecule has 5 nitrogen and oxygen atoms in total. The van der Waals surface area contributed by atoms with Crippen molar-refractivity contribution in [3.63, 3.8) is 0 Å². The minimum Gasteiger partial charge on any atom is -0.342 e. The Morgan fingerprint density at radius 3 is 2.92 bits per heavy atom. The summed E-state index contributed by atoms with van der Waals surface area (Å²) in [5.41, 5.74) is 0.601. The summed E-state index contributed by atoms with van der Waals surface area (Å²) in [7, 11) is 0. The van der Waals surface area contributed by atoms with E-state index in [4.69, 9.17) is 4.52 Å². The Kier molecular flexibility index (Phi) is 4.51. The number of hydrogen-bond acceptors (Lipinski definition) is 4. The van der Waals surface area contributed by atoms with E-state index in [1.807, 2.05) is 4.90 Å². The average Bonchev–Trinajstić information content (AvgIpc) is 3.08. The molecule has 0 spiro atoms. The predicted octanol–water partition coefficient (Wildman–Crippen LogP) is 3.77. The molecule has 1 aromatic carbocycles. The summed E-state index contributed by atoms with van der Waals surface area (Å²) in [5, 5.41) is 3.99. The first-order valence-corrected chi connectivity index (χ1v) is 9.06. The Morgan fingerprint density at radius 1 is 1.28 bits per heavy atom. The largest absolute Gasteiger partial charge is 0.342 e. The summed E-state index contributed by atoms with van der Waals surface area (Å²) in [5.74, 6) is 1.51. The fourth-order valence-electron chi connectivity index (χ4n) is 3.62. The van der Waals surface area contributed by atoms with Crippen molar-refractivity contribution in [1.29, 1.82) is 0 Å². The zero-order chi connectivity index (χ0) is 17.2. The van der Waals surface area contributed by atoms with Crippen molar-refractivity contribution in [2.45, 2.75) is 44.4 Å². The average molecular weight is 343 g/mol. The molecule has 1 aromatic heterocycles. The molecule has 6 heteroatoms. The van der Waals surface area contributed by atoms with Crippen LogP contribution in [-0.2, 0) is 4.79 Å². The summed E-state index contributed by atoms with van der Waals surface area (Å²) in [6.45, 7) is 1.45. The zero-order valence-corrected chi connectivity index (χ0v) is 14.2. The lowest BCUT2D eigenvalue weighted by Crippen LogP contribution is -2.40. The first kappa shape index (κ1) is 16.2. The van der Waals surface area contributed by atoms with E-state index in [1.54, 1.807) is 12.1 Å². The van der Waals surface area contributed by atoms with Crippen LogP contribution < -0.4 is 0 Å². The SMILES string of the molecule is O=C(CC1CCC1)N1CCC[C@@H](c2nc(-c3cccc(F)c3)no2)C1. The molecule has 132 valence electrons. The van der Waals surface area contributed by atoms with E-state index in [0.29, 0.717) is 36.2 Å². The monoisotopic (exact) mass is 343 g/mol. The first-order chi connectivity index (χ1) is 12.2. The van der Waals surface area contributed by atoms with Gasteiger partial charge in [0.2, 0.25) is 17.6 Å². The van der Waals surface area contributed by atoms with E-state index in [-0.39, 0.29) is 17.6 Å². The Bertz CT molecular complexity index is 757. The van der Waals surface area contributed by atoms with E-state index >= 15 is 0 Å². The second-order valence-corrected chi connectivity index (χ2v) is 7.15. The van der Waals surface area contributed by atoms with Crippen molar-refractivity contribution in [2.75, 3.05) is 13.1 Å². The maximum atomic E-state index is 13.4. The number of halogens is 1. The number of amides is 1. The molecule has 2 aliphatic rings. The van der Waals surface area contributed by atoms with Crippen LogP contribution in [0.3, 0.4) is 0 Å². The van der Waals surface area contributed by atoms with Crippen molar-refractivity contribution in [2.24, 2.45) is 5.92 Å². The molecule has 1 saturated carbocycles. The number of likely N-dealkylation sites (tertiary alicyclic amines) is 1. The number of hydrogen-bond donors (Lipinski definition) is 0. The first-order valence-electron chi connectivity index (χ1n) is 9.06. The molecule has 2 heterocycles. The summed E-state index contributed by atoms with van der Waals surface area (Å²) in [6.07, 6.45) is 6.17. The highest BCUT2D eigenvalue weighted by Crippen LogP contribution is 2.32. The number of carbonyl (C=O) groups is 1. The van der Waals surface area contributed by atoms with Gasteiger partial charge in [0.1, 0.15) is 5.82 Å². The van der Waals surface area contributed by atoms with Gasteiger partial charge in [0.15, 0.2) is 0 Å². The van der Waals surface area contributed by atoms with Gasteiger partial charge in [0.05, 0.1) is 5.92 Å². The van der Waals surface area contributed by atoms with Crippen LogP contribution in [0.1, 0.15) is 50.3 Å². The number of piperidine rings is 1. The molecule has 0 N–H and O–H groups in total. The minimum atomic E-state index is -0.325. The number of nitrogens with zero attached hydrogens (tertiary/aromatic N) is 3. The molecule has 4 rings (SSSR count). The molecule has 2 aromatic rings. The van der Waals surface area contributed by atoms with Crippen LogP contribution in [0.2, 0.25) is 0 Å². The van der Waals surface area contributed by atoms with E-state index in [0.717, 1.165) is 19.4 Å². The second-order valence-electron chi connectivity index (χ2n) is 7.15. The maximum absolute atomic E-state index is 13.4. The van der Waals surface area contributed by atoms with Gasteiger partial charge in [-0.15, -0.1) is 0 Å². The molecule has 1 saturated heterocycles. The number of benzene rings is 1. The fourth-order valence-corrected chi connectivity index (χ4v) is 3.62. The van der Waals surface area contributed by atoms with Gasteiger partial charge in [0.25, 0.3) is 0 Å². The van der Waals surface area contributed by atoms with Crippen molar-refractivity contribution < 1.29 is 13.7 Å². The molecule has 1 atom stereocenters. The van der Waals surface area contributed by atoms with E-state index in [1.165, 1.54) is 31.4 Å². The van der Waals surface area contributed by atoms with E-state index in [2.05, 4.69) is 10.1 Å². The van der Waals surface area contributed by atoms with E-state index in [9.17, 15) is 9.18 Å². The summed E-state index contributed by atoms with van der Waals surface area (Å²) >= 11 is 0. The molecule has 0 bridgehead atoms. The van der Waals surface area contributed by atoms with E-state index < -0.39 is 0 Å². The Labute approximate surface area is 146 Å². The molecule has 1 aliphatic carbocycles. The standard InChI is InChI=1S/C19H22FN3O2/c20-16-8-2-6-14(11-16)18-21-19(25-22-18)15-7-3-9-23(12-15)17(24)10-13-4-1-5-13/h2,6,8,11,13,15H,1,3-5,7,9-10,12H2/t15-/m1/s1. The van der Waals surface area contributed by atoms with Crippen LogP contribution in [0.25, 0.3) is 11.4 Å². The number of rotatable bonds is 4. The lowest BCUT2D eigenvalue weighted by molar-refractivity contribution is -0.134. The zero-order valence-electron chi connectivity index (χ0n) is 14.2. The normalized spacial score (nSPS) is 21.2. The smallest absolute Gasteiger partial charge is 0.231 e. The molecular formula is C19H22FN3O2. The van der Waals surface area contributed by atoms with Gasteiger partial charge in [-0.2, -0.15) is 4.98 Å². The van der Waals surface area contributed by atoms with Gasteiger partial charge in [-0.1, -0.05) is 23.7 Å². The third-order valence-corrected chi connectivity index (χ3v) is 5.34. The van der Waals surface area contributed by atoms with Gasteiger partial charge in [-0.05, 0) is 43.7 Å². The fraction of sp³-hybridized carbons (Fsp3) is 0.526. The third-order valence-electron chi connectivity index (χ3n) is 5.34. The van der Waals surface area contributed by atoms with Crippen LogP contribution >= 0.6 is 0 Å². The lowest BCUT2D eigenvalue weighted by atomic mass is 9.82. The Hall–Kier alpha value is -2.24. The highest BCUT2D eigenvalue weighted by Gasteiger charge is 2.30. The molecule has 2 fully saturated rings. The molecule has 0 unspecified atom stereocenters. The lowest BCUT2D eigenvalue weighted by Gasteiger charge is -2.33. The van der Waals surface area contributed by atoms with Gasteiger partial charge in [-0.3, -0.25) is 4.79 Å². The van der Waals surface area contributed by atoms with Crippen molar-refractivity contribution in [3.05, 3.63) is 36.0 Å². The van der Waals surface area contributed by atoms with Crippen LogP contribution in [-0.4, -0.2) is 34.0 Å². The van der Waals surface area contributed by atoms with Crippen molar-refractivity contribution in [1.82, 2.24) is 15.0 Å². The second kappa shape index (κ2) is 6.94. The molecular weight excluding hydrogens is 321 g/mol. The highest BCUT2D eigenvalue weighted by molar-refractivity contribution is 5.76. The third kappa shape index (κ3) is 3.57. The van der Waals surface area contributed by atoms with Crippen LogP contribution in [0.4, 0.5) is 4.39 Å². The maximum Gasteiger partial charge on any atom is 0.231 e. The minimum absolute atomic E-state index is 0.0638. The van der Waals surface area contributed by atoms with Gasteiger partial charge < -0.3 is 9.42 Å².